The Balaban J connectivity index is 0. The fourth-order valence-corrected chi connectivity index (χ4v) is 2.58. The summed E-state index contributed by atoms with van der Waals surface area (Å²) in [6, 6.07) is 10.3. The van der Waals surface area contributed by atoms with Crippen molar-refractivity contribution < 1.29 is 6.22 Å². The molecule has 1 aliphatic rings. The number of amides is 1. The molecule has 1 aromatic rings. The minimum atomic E-state index is 0. The van der Waals surface area contributed by atoms with Gasteiger partial charge in [-0.15, -0.1) is 6.58 Å². The number of carbonyl (C=O) groups excluding carboxylic acids is 1. The molecule has 0 aromatic heterocycles. The van der Waals surface area contributed by atoms with Gasteiger partial charge in [0.15, 0.2) is 0 Å². The number of piperidine rings is 1. The first-order valence-corrected chi connectivity index (χ1v) is 9.11. The quantitative estimate of drug-likeness (QED) is 0.603. The zero-order chi connectivity index (χ0) is 18.9. The summed E-state index contributed by atoms with van der Waals surface area (Å²) in [7, 11) is 0. The van der Waals surface area contributed by atoms with Crippen molar-refractivity contribution in [2.75, 3.05) is 19.6 Å². The van der Waals surface area contributed by atoms with E-state index in [0.717, 1.165) is 31.5 Å². The van der Waals surface area contributed by atoms with Crippen molar-refractivity contribution in [3.05, 3.63) is 73.9 Å². The zero-order valence-corrected chi connectivity index (χ0v) is 15.9. The number of nitrogens with zero attached hydrogens (tertiary/aromatic N) is 1. The van der Waals surface area contributed by atoms with Crippen LogP contribution in [0.3, 0.4) is 0 Å². The van der Waals surface area contributed by atoms with Gasteiger partial charge >= 0.3 is 0 Å². The molecule has 0 atom stereocenters. The van der Waals surface area contributed by atoms with E-state index in [2.05, 4.69) is 25.1 Å². The van der Waals surface area contributed by atoms with Gasteiger partial charge in [0.1, 0.15) is 0 Å². The van der Waals surface area contributed by atoms with Crippen LogP contribution in [-0.4, -0.2) is 36.5 Å². The zero-order valence-electron chi connectivity index (χ0n) is 15.9. The maximum atomic E-state index is 12.5. The lowest BCUT2D eigenvalue weighted by molar-refractivity contribution is -0.132. The molecule has 1 aliphatic heterocycles. The molecule has 1 N–H and O–H groups in total. The monoisotopic (exact) mass is 344 g/mol. The minimum Gasteiger partial charge on any atom is -0.336 e. The summed E-state index contributed by atoms with van der Waals surface area (Å²) in [6.07, 6.45) is 7.66. The van der Waals surface area contributed by atoms with Gasteiger partial charge in [0.25, 0.3) is 0 Å². The normalized spacial score (nSPS) is 13.2. The molecule has 3 nitrogen and oxygen atoms in total. The second-order valence-electron chi connectivity index (χ2n) is 5.45. The molecule has 1 amide bonds. The molecule has 0 bridgehead atoms. The van der Waals surface area contributed by atoms with Crippen LogP contribution in [0.5, 0.6) is 0 Å². The topological polar surface area (TPSA) is 32.3 Å². The summed E-state index contributed by atoms with van der Waals surface area (Å²) < 4.78 is 0. The summed E-state index contributed by atoms with van der Waals surface area (Å²) in [4.78, 5) is 14.4. The maximum Gasteiger partial charge on any atom is 0.227 e. The molecule has 25 heavy (non-hydrogen) atoms. The van der Waals surface area contributed by atoms with Crippen LogP contribution in [0.15, 0.2) is 68.3 Å². The van der Waals surface area contributed by atoms with Crippen LogP contribution in [0.1, 0.15) is 33.7 Å². The molecular formula is C22H36N2O. The van der Waals surface area contributed by atoms with Crippen LogP contribution in [0.25, 0.3) is 0 Å². The number of hydrogen-bond acceptors (Lipinski definition) is 2. The van der Waals surface area contributed by atoms with Gasteiger partial charge in [0.2, 0.25) is 5.91 Å². The first kappa shape index (κ1) is 22.9. The standard InChI is InChI=1S/C16H22N2O.C4H6.C2H6.H2/c1-2-12-18(15-8-10-17-11-9-15)16(19)13-14-6-4-3-5-7-14;1-3-4-2;1-2;/h2-7,15,17H,1,8-13H2;3-4H,1-2H2;1-2H3;1H. The molecule has 0 spiro atoms. The first-order chi connectivity index (χ1) is 12.2. The van der Waals surface area contributed by atoms with Gasteiger partial charge in [-0.2, -0.15) is 0 Å². The number of nitrogens with one attached hydrogen (secondary N) is 1. The summed E-state index contributed by atoms with van der Waals surface area (Å²) in [5.74, 6) is 0.206. The van der Waals surface area contributed by atoms with Crippen LogP contribution < -0.4 is 5.32 Å². The van der Waals surface area contributed by atoms with Gasteiger partial charge in [0, 0.05) is 14.0 Å². The largest absolute Gasteiger partial charge is 0.336 e. The van der Waals surface area contributed by atoms with E-state index in [1.165, 1.54) is 0 Å². The molecule has 0 unspecified atom stereocenters. The molecule has 0 aliphatic carbocycles. The van der Waals surface area contributed by atoms with E-state index in [9.17, 15) is 4.79 Å². The van der Waals surface area contributed by atoms with Crippen molar-refractivity contribution in [1.29, 1.82) is 0 Å². The van der Waals surface area contributed by atoms with E-state index in [0.29, 0.717) is 19.0 Å². The second-order valence-corrected chi connectivity index (χ2v) is 5.45. The van der Waals surface area contributed by atoms with E-state index in [-0.39, 0.29) is 7.33 Å². The molecule has 1 fully saturated rings. The SMILES string of the molecule is C=CC=C.C=CCN(C(=O)Cc1ccccc1)C1CCNCC1.CC.[HH]. The third kappa shape index (κ3) is 9.68. The molecule has 140 valence electrons. The molecule has 1 heterocycles. The third-order valence-corrected chi connectivity index (χ3v) is 3.76. The van der Waals surface area contributed by atoms with Gasteiger partial charge in [-0.1, -0.05) is 75.6 Å². The van der Waals surface area contributed by atoms with Crippen molar-refractivity contribution in [3.8, 4) is 0 Å². The smallest absolute Gasteiger partial charge is 0.227 e. The first-order valence-electron chi connectivity index (χ1n) is 9.11. The average molecular weight is 345 g/mol. The highest BCUT2D eigenvalue weighted by molar-refractivity contribution is 5.79. The summed E-state index contributed by atoms with van der Waals surface area (Å²) in [6.45, 7) is 17.1. The maximum absolute atomic E-state index is 12.5. The number of carbonyl (C=O) groups is 1. The minimum absolute atomic E-state index is 0. The Bertz CT molecular complexity index is 490. The fourth-order valence-electron chi connectivity index (χ4n) is 2.58. The number of hydrogen-bond donors (Lipinski definition) is 1. The molecule has 2 rings (SSSR count). The third-order valence-electron chi connectivity index (χ3n) is 3.76. The van der Waals surface area contributed by atoms with E-state index in [4.69, 9.17) is 0 Å². The predicted octanol–water partition coefficient (Wildman–Crippen LogP) is 4.63. The molecular weight excluding hydrogens is 308 g/mol. The Kier molecular flexibility index (Phi) is 14.1. The van der Waals surface area contributed by atoms with Crippen LogP contribution in [0.2, 0.25) is 0 Å². The van der Waals surface area contributed by atoms with Crippen molar-refractivity contribution in [2.45, 2.75) is 39.2 Å². The Morgan fingerprint density at radius 2 is 1.72 bits per heavy atom. The van der Waals surface area contributed by atoms with Crippen molar-refractivity contribution in [3.63, 3.8) is 0 Å². The lowest BCUT2D eigenvalue weighted by atomic mass is 10.0. The van der Waals surface area contributed by atoms with Crippen LogP contribution in [0.4, 0.5) is 0 Å². The van der Waals surface area contributed by atoms with Gasteiger partial charge in [0.05, 0.1) is 6.42 Å². The van der Waals surface area contributed by atoms with Gasteiger partial charge in [-0.25, -0.2) is 0 Å². The van der Waals surface area contributed by atoms with Crippen LogP contribution in [-0.2, 0) is 11.2 Å². The van der Waals surface area contributed by atoms with Crippen molar-refractivity contribution >= 4 is 5.91 Å². The highest BCUT2D eigenvalue weighted by Crippen LogP contribution is 2.14. The highest BCUT2D eigenvalue weighted by Gasteiger charge is 2.24. The molecule has 0 radical (unpaired) electrons. The van der Waals surface area contributed by atoms with E-state index < -0.39 is 0 Å². The Labute approximate surface area is 155 Å². The molecule has 1 aromatic carbocycles. The fraction of sp³-hybridized carbons (Fsp3) is 0.409. The molecule has 0 saturated carbocycles. The lowest BCUT2D eigenvalue weighted by Gasteiger charge is -2.34. The van der Waals surface area contributed by atoms with Gasteiger partial charge in [-0.3, -0.25) is 4.79 Å². The Morgan fingerprint density at radius 1 is 1.16 bits per heavy atom. The highest BCUT2D eigenvalue weighted by atomic mass is 16.2. The van der Waals surface area contributed by atoms with Crippen molar-refractivity contribution in [2.24, 2.45) is 0 Å². The van der Waals surface area contributed by atoms with Crippen LogP contribution >= 0.6 is 0 Å². The number of benzene rings is 1. The summed E-state index contributed by atoms with van der Waals surface area (Å²) >= 11 is 0. The number of allylic oxidation sites excluding steroid dienone is 2. The molecule has 1 saturated heterocycles. The average Bonchev–Trinajstić information content (AvgIpc) is 2.69. The van der Waals surface area contributed by atoms with E-state index in [1.807, 2.05) is 55.2 Å². The second kappa shape index (κ2) is 15.4. The van der Waals surface area contributed by atoms with E-state index in [1.54, 1.807) is 12.2 Å². The lowest BCUT2D eigenvalue weighted by Crippen LogP contribution is -2.46. The molecule has 3 heteroatoms. The predicted molar refractivity (Wildman–Crippen MR) is 112 cm³/mol. The summed E-state index contributed by atoms with van der Waals surface area (Å²) in [5, 5.41) is 3.34. The van der Waals surface area contributed by atoms with E-state index >= 15 is 0 Å². The summed E-state index contributed by atoms with van der Waals surface area (Å²) in [5.41, 5.74) is 1.08. The van der Waals surface area contributed by atoms with Crippen LogP contribution in [0, 0.1) is 0 Å². The number of rotatable bonds is 6. The van der Waals surface area contributed by atoms with Gasteiger partial charge < -0.3 is 10.2 Å². The Morgan fingerprint density at radius 3 is 2.20 bits per heavy atom. The Hall–Kier alpha value is -2.13. The van der Waals surface area contributed by atoms with Crippen molar-refractivity contribution in [1.82, 2.24) is 10.2 Å². The van der Waals surface area contributed by atoms with Gasteiger partial charge in [-0.05, 0) is 31.5 Å².